The molecular weight excluding hydrogens is 463 g/mol. The van der Waals surface area contributed by atoms with E-state index in [0.717, 1.165) is 5.46 Å². The van der Waals surface area contributed by atoms with Gasteiger partial charge in [-0.2, -0.15) is 0 Å². The lowest BCUT2D eigenvalue weighted by atomic mass is 9.69. The fourth-order valence-electron chi connectivity index (χ4n) is 7.14. The van der Waals surface area contributed by atoms with Crippen LogP contribution in [0.25, 0.3) is 33.0 Å². The van der Waals surface area contributed by atoms with Crippen LogP contribution in [0.4, 0.5) is 0 Å². The van der Waals surface area contributed by atoms with Crippen LogP contribution < -0.4 is 5.46 Å². The van der Waals surface area contributed by atoms with E-state index in [9.17, 15) is 0 Å². The Labute approximate surface area is 224 Å². The van der Waals surface area contributed by atoms with Gasteiger partial charge in [0.1, 0.15) is 0 Å². The van der Waals surface area contributed by atoms with Gasteiger partial charge < -0.3 is 9.31 Å². The van der Waals surface area contributed by atoms with Crippen LogP contribution in [0.5, 0.6) is 0 Å². The Morgan fingerprint density at radius 2 is 1.05 bits per heavy atom. The van der Waals surface area contributed by atoms with Crippen molar-refractivity contribution in [3.63, 3.8) is 0 Å². The first-order valence-corrected chi connectivity index (χ1v) is 13.6. The molecule has 2 aliphatic carbocycles. The summed E-state index contributed by atoms with van der Waals surface area (Å²) in [4.78, 5) is 0. The average Bonchev–Trinajstić information content (AvgIpc) is 3.48. The minimum Gasteiger partial charge on any atom is -0.399 e. The van der Waals surface area contributed by atoms with Gasteiger partial charge in [-0.1, -0.05) is 103 Å². The predicted molar refractivity (Wildman–Crippen MR) is 156 cm³/mol. The van der Waals surface area contributed by atoms with Gasteiger partial charge in [0, 0.05) is 0 Å². The molecule has 3 aliphatic rings. The van der Waals surface area contributed by atoms with E-state index in [2.05, 4.69) is 131 Å². The highest BCUT2D eigenvalue weighted by atomic mass is 16.7. The highest BCUT2D eigenvalue weighted by molar-refractivity contribution is 6.64. The Bertz CT molecular complexity index is 1740. The molecule has 1 spiro atoms. The van der Waals surface area contributed by atoms with Crippen molar-refractivity contribution >= 4 is 23.4 Å². The van der Waals surface area contributed by atoms with Crippen molar-refractivity contribution < 1.29 is 9.31 Å². The maximum atomic E-state index is 6.67. The molecule has 0 N–H and O–H groups in total. The van der Waals surface area contributed by atoms with Crippen molar-refractivity contribution in [1.82, 2.24) is 0 Å². The smallest absolute Gasteiger partial charge is 0.399 e. The molecular formula is C35H29BO2. The van der Waals surface area contributed by atoms with E-state index in [4.69, 9.17) is 9.31 Å². The minimum atomic E-state index is -0.441. The van der Waals surface area contributed by atoms with Crippen LogP contribution in [0.2, 0.25) is 0 Å². The number of hydrogen-bond acceptors (Lipinski definition) is 2. The largest absolute Gasteiger partial charge is 0.495 e. The van der Waals surface area contributed by atoms with E-state index in [1.165, 1.54) is 55.3 Å². The van der Waals surface area contributed by atoms with Crippen molar-refractivity contribution in [3.05, 3.63) is 125 Å². The van der Waals surface area contributed by atoms with Crippen LogP contribution in [0.15, 0.2) is 103 Å². The molecule has 0 aromatic heterocycles. The van der Waals surface area contributed by atoms with Crippen molar-refractivity contribution in [2.45, 2.75) is 44.3 Å². The second kappa shape index (κ2) is 7.25. The molecule has 1 aliphatic heterocycles. The molecule has 3 heteroatoms. The molecule has 1 fully saturated rings. The minimum absolute atomic E-state index is 0.387. The second-order valence-corrected chi connectivity index (χ2v) is 11.9. The van der Waals surface area contributed by atoms with Gasteiger partial charge in [-0.05, 0) is 88.4 Å². The highest BCUT2D eigenvalue weighted by Crippen LogP contribution is 2.63. The van der Waals surface area contributed by atoms with E-state index in [1.54, 1.807) is 0 Å². The molecule has 5 aromatic carbocycles. The van der Waals surface area contributed by atoms with Gasteiger partial charge >= 0.3 is 7.12 Å². The highest BCUT2D eigenvalue weighted by Gasteiger charge is 2.56. The fraction of sp³-hybridized carbons (Fsp3) is 0.200. The summed E-state index contributed by atoms with van der Waals surface area (Å²) >= 11 is 0. The van der Waals surface area contributed by atoms with Gasteiger partial charge in [0.15, 0.2) is 0 Å². The third-order valence-electron chi connectivity index (χ3n) is 9.54. The zero-order chi connectivity index (χ0) is 25.9. The summed E-state index contributed by atoms with van der Waals surface area (Å²) in [5.74, 6) is 0. The fourth-order valence-corrected chi connectivity index (χ4v) is 7.14. The van der Waals surface area contributed by atoms with E-state index in [-0.39, 0.29) is 5.41 Å². The SMILES string of the molecule is CC1(C)OB(c2cccc3c2-c2c(ccc4ccccc24)C32c3ccccc3-c3ccccc32)OC1(C)C. The van der Waals surface area contributed by atoms with Gasteiger partial charge in [0.2, 0.25) is 0 Å². The molecule has 5 aromatic rings. The zero-order valence-corrected chi connectivity index (χ0v) is 22.2. The van der Waals surface area contributed by atoms with E-state index >= 15 is 0 Å². The Balaban J connectivity index is 1.53. The first-order chi connectivity index (χ1) is 18.3. The van der Waals surface area contributed by atoms with Crippen molar-refractivity contribution in [1.29, 1.82) is 0 Å². The third kappa shape index (κ3) is 2.56. The average molecular weight is 492 g/mol. The zero-order valence-electron chi connectivity index (χ0n) is 22.2. The normalized spacial score (nSPS) is 18.9. The topological polar surface area (TPSA) is 18.5 Å². The van der Waals surface area contributed by atoms with Crippen LogP contribution in [-0.2, 0) is 14.7 Å². The summed E-state index contributed by atoms with van der Waals surface area (Å²) in [6.07, 6.45) is 0. The van der Waals surface area contributed by atoms with Crippen LogP contribution in [0, 0.1) is 0 Å². The van der Waals surface area contributed by atoms with Crippen molar-refractivity contribution in [2.75, 3.05) is 0 Å². The van der Waals surface area contributed by atoms with Crippen LogP contribution in [-0.4, -0.2) is 18.3 Å². The second-order valence-electron chi connectivity index (χ2n) is 11.9. The molecule has 8 rings (SSSR count). The van der Waals surface area contributed by atoms with E-state index < -0.39 is 18.3 Å². The molecule has 0 radical (unpaired) electrons. The quantitative estimate of drug-likeness (QED) is 0.221. The van der Waals surface area contributed by atoms with Crippen LogP contribution >= 0.6 is 0 Å². The lowest BCUT2D eigenvalue weighted by molar-refractivity contribution is 0.00578. The molecule has 2 nitrogen and oxygen atoms in total. The molecule has 0 bridgehead atoms. The maximum absolute atomic E-state index is 6.67. The van der Waals surface area contributed by atoms with Gasteiger partial charge in [0.25, 0.3) is 0 Å². The first-order valence-electron chi connectivity index (χ1n) is 13.6. The third-order valence-corrected chi connectivity index (χ3v) is 9.54. The van der Waals surface area contributed by atoms with E-state index in [1.807, 2.05) is 0 Å². The van der Waals surface area contributed by atoms with Gasteiger partial charge in [0.05, 0.1) is 16.6 Å². The Kier molecular flexibility index (Phi) is 4.26. The Hall–Kier alpha value is -3.66. The number of rotatable bonds is 1. The van der Waals surface area contributed by atoms with Gasteiger partial charge in [-0.3, -0.25) is 0 Å². The summed E-state index contributed by atoms with van der Waals surface area (Å²) in [5.41, 5.74) is 10.4. The monoisotopic (exact) mass is 492 g/mol. The number of benzene rings is 5. The predicted octanol–water partition coefficient (Wildman–Crippen LogP) is 7.48. The summed E-state index contributed by atoms with van der Waals surface area (Å²) in [6.45, 7) is 8.52. The number of fused-ring (bicyclic) bond motifs is 12. The Morgan fingerprint density at radius 3 is 1.74 bits per heavy atom. The molecule has 0 amide bonds. The molecule has 1 saturated heterocycles. The standard InChI is InChI=1S/C35H29BO2/c1-33(2)34(3,4)38-36(37-33)30-19-11-18-28-32(30)31-23-13-6-5-12-22(23)20-21-29(31)35(28)26-16-9-7-14-24(26)25-15-8-10-17-27(25)35/h5-21H,1-4H3. The van der Waals surface area contributed by atoms with Gasteiger partial charge in [-0.25, -0.2) is 0 Å². The molecule has 0 saturated carbocycles. The van der Waals surface area contributed by atoms with Gasteiger partial charge in [-0.15, -0.1) is 0 Å². The summed E-state index contributed by atoms with van der Waals surface area (Å²) in [5, 5.41) is 2.52. The molecule has 38 heavy (non-hydrogen) atoms. The van der Waals surface area contributed by atoms with Crippen molar-refractivity contribution in [2.24, 2.45) is 0 Å². The molecule has 1 heterocycles. The lowest BCUT2D eigenvalue weighted by Gasteiger charge is -2.32. The molecule has 184 valence electrons. The number of hydrogen-bond donors (Lipinski definition) is 0. The lowest BCUT2D eigenvalue weighted by Crippen LogP contribution is -2.41. The molecule has 0 unspecified atom stereocenters. The summed E-state index contributed by atoms with van der Waals surface area (Å²) in [6, 6.07) is 38.0. The maximum Gasteiger partial charge on any atom is 0.495 e. The van der Waals surface area contributed by atoms with Crippen molar-refractivity contribution in [3.8, 4) is 22.3 Å². The van der Waals surface area contributed by atoms with Crippen LogP contribution in [0.1, 0.15) is 49.9 Å². The summed E-state index contributed by atoms with van der Waals surface area (Å²) in [7, 11) is -0.441. The summed E-state index contributed by atoms with van der Waals surface area (Å²) < 4.78 is 13.3. The van der Waals surface area contributed by atoms with E-state index in [0.29, 0.717) is 0 Å². The Morgan fingerprint density at radius 1 is 0.500 bits per heavy atom. The van der Waals surface area contributed by atoms with Crippen LogP contribution in [0.3, 0.4) is 0 Å². The molecule has 0 atom stereocenters. The first kappa shape index (κ1) is 22.3.